The number of aryl methyl sites for hydroxylation is 2. The first kappa shape index (κ1) is 25.5. The van der Waals surface area contributed by atoms with E-state index in [-0.39, 0.29) is 5.91 Å². The van der Waals surface area contributed by atoms with Crippen molar-refractivity contribution in [1.29, 1.82) is 10.5 Å². The number of H-pyrrole nitrogens is 1. The van der Waals surface area contributed by atoms with Crippen LogP contribution in [0.2, 0.25) is 0 Å². The molecule has 0 saturated carbocycles. The van der Waals surface area contributed by atoms with E-state index in [0.29, 0.717) is 51.7 Å². The van der Waals surface area contributed by atoms with Crippen molar-refractivity contribution in [2.24, 2.45) is 0 Å². The first-order valence-corrected chi connectivity index (χ1v) is 11.9. The van der Waals surface area contributed by atoms with Gasteiger partial charge in [0.1, 0.15) is 29.3 Å². The Kier molecular flexibility index (Phi) is 7.01. The minimum absolute atomic E-state index is 0.163. The summed E-state index contributed by atoms with van der Waals surface area (Å²) in [5.41, 5.74) is 6.02. The van der Waals surface area contributed by atoms with Crippen LogP contribution in [0, 0.1) is 50.4 Å². The Morgan fingerprint density at radius 2 is 1.97 bits per heavy atom. The Labute approximate surface area is 215 Å². The van der Waals surface area contributed by atoms with Crippen LogP contribution in [0.15, 0.2) is 28.7 Å². The molecule has 0 radical (unpaired) electrons. The van der Waals surface area contributed by atoms with E-state index in [1.807, 2.05) is 57.3 Å². The molecule has 0 unspecified atom stereocenters. The lowest BCUT2D eigenvalue weighted by atomic mass is 10.1. The minimum Gasteiger partial charge on any atom is -0.443 e. The van der Waals surface area contributed by atoms with Gasteiger partial charge in [0.25, 0.3) is 5.91 Å². The van der Waals surface area contributed by atoms with Gasteiger partial charge in [0.05, 0.1) is 16.6 Å². The number of hydrogen-bond acceptors (Lipinski definition) is 6. The number of hydrogen-bond donors (Lipinski definition) is 2. The predicted octanol–water partition coefficient (Wildman–Crippen LogP) is 4.41. The standard InChI is InChI=1S/C28H29N7O2/c1-16-11-21(18(3)35(16)28-23(15-30)17(2)19(4)37-28)12-22(14-29)26-32-24-8-7-20(13-25(24)33-26)27(36)31-9-10-34(5)6/h7-8,11-13H,9-10H2,1-6H3,(H,31,36)(H,32,33). The Balaban J connectivity index is 1.67. The van der Waals surface area contributed by atoms with Gasteiger partial charge in [0.15, 0.2) is 0 Å². The molecule has 0 saturated heterocycles. The van der Waals surface area contributed by atoms with Crippen molar-refractivity contribution in [3.05, 3.63) is 69.5 Å². The van der Waals surface area contributed by atoms with E-state index in [9.17, 15) is 15.3 Å². The molecule has 0 bridgehead atoms. The fraction of sp³-hybridized carbons (Fsp3) is 0.286. The van der Waals surface area contributed by atoms with Gasteiger partial charge in [0.2, 0.25) is 5.88 Å². The zero-order valence-electron chi connectivity index (χ0n) is 21.9. The number of allylic oxidation sites excluding steroid dienone is 1. The number of carbonyl (C=O) groups is 1. The van der Waals surface area contributed by atoms with Gasteiger partial charge < -0.3 is 19.6 Å². The summed E-state index contributed by atoms with van der Waals surface area (Å²) in [5.74, 6) is 1.42. The van der Waals surface area contributed by atoms with Gasteiger partial charge in [-0.05, 0) is 77.7 Å². The molecule has 4 aromatic rings. The van der Waals surface area contributed by atoms with Gasteiger partial charge in [-0.25, -0.2) is 4.98 Å². The lowest BCUT2D eigenvalue weighted by molar-refractivity contribution is 0.0951. The Hall–Kier alpha value is -4.60. The molecule has 0 aliphatic carbocycles. The second-order valence-electron chi connectivity index (χ2n) is 9.28. The lowest BCUT2D eigenvalue weighted by Gasteiger charge is -2.10. The van der Waals surface area contributed by atoms with E-state index in [4.69, 9.17) is 4.42 Å². The van der Waals surface area contributed by atoms with Gasteiger partial charge in [-0.2, -0.15) is 10.5 Å². The van der Waals surface area contributed by atoms with Gasteiger partial charge >= 0.3 is 0 Å². The number of nitrogens with zero attached hydrogens (tertiary/aromatic N) is 5. The monoisotopic (exact) mass is 495 g/mol. The highest BCUT2D eigenvalue weighted by atomic mass is 16.4. The summed E-state index contributed by atoms with van der Waals surface area (Å²) in [4.78, 5) is 22.3. The van der Waals surface area contributed by atoms with Crippen LogP contribution in [0.1, 0.15) is 50.0 Å². The predicted molar refractivity (Wildman–Crippen MR) is 142 cm³/mol. The molecule has 0 aliphatic rings. The molecular weight excluding hydrogens is 466 g/mol. The van der Waals surface area contributed by atoms with Crippen molar-refractivity contribution < 1.29 is 9.21 Å². The maximum absolute atomic E-state index is 12.5. The van der Waals surface area contributed by atoms with Crippen molar-refractivity contribution >= 4 is 28.6 Å². The topological polar surface area (TPSA) is 127 Å². The first-order valence-electron chi connectivity index (χ1n) is 11.9. The van der Waals surface area contributed by atoms with Crippen LogP contribution in [-0.2, 0) is 0 Å². The van der Waals surface area contributed by atoms with Crippen LogP contribution in [0.25, 0.3) is 28.6 Å². The highest BCUT2D eigenvalue weighted by molar-refractivity contribution is 5.98. The van der Waals surface area contributed by atoms with E-state index in [1.165, 1.54) is 0 Å². The first-order chi connectivity index (χ1) is 17.6. The van der Waals surface area contributed by atoms with E-state index < -0.39 is 0 Å². The number of carbonyl (C=O) groups excluding carboxylic acids is 1. The maximum Gasteiger partial charge on any atom is 0.251 e. The zero-order chi connectivity index (χ0) is 26.9. The molecule has 0 aliphatic heterocycles. The fourth-order valence-corrected chi connectivity index (χ4v) is 4.23. The molecule has 4 rings (SSSR count). The molecule has 0 spiro atoms. The van der Waals surface area contributed by atoms with E-state index in [1.54, 1.807) is 24.3 Å². The summed E-state index contributed by atoms with van der Waals surface area (Å²) >= 11 is 0. The average Bonchev–Trinajstić information content (AvgIpc) is 3.49. The summed E-state index contributed by atoms with van der Waals surface area (Å²) in [5, 5.41) is 22.5. The molecule has 2 N–H and O–H groups in total. The highest BCUT2D eigenvalue weighted by Crippen LogP contribution is 2.30. The van der Waals surface area contributed by atoms with E-state index in [2.05, 4.69) is 27.4 Å². The highest BCUT2D eigenvalue weighted by Gasteiger charge is 2.21. The number of rotatable bonds is 7. The van der Waals surface area contributed by atoms with Gasteiger partial charge in [0, 0.05) is 35.6 Å². The molecule has 37 heavy (non-hydrogen) atoms. The molecular formula is C28H29N7O2. The smallest absolute Gasteiger partial charge is 0.251 e. The summed E-state index contributed by atoms with van der Waals surface area (Å²) in [6.45, 7) is 8.84. The average molecular weight is 496 g/mol. The van der Waals surface area contributed by atoms with E-state index >= 15 is 0 Å². The second-order valence-corrected chi connectivity index (χ2v) is 9.28. The zero-order valence-corrected chi connectivity index (χ0v) is 21.9. The maximum atomic E-state index is 12.5. The summed E-state index contributed by atoms with van der Waals surface area (Å²) in [7, 11) is 3.90. The third-order valence-electron chi connectivity index (χ3n) is 6.42. The number of aromatic nitrogens is 3. The Morgan fingerprint density at radius 1 is 1.22 bits per heavy atom. The van der Waals surface area contributed by atoms with Crippen LogP contribution in [0.3, 0.4) is 0 Å². The number of imidazole rings is 1. The van der Waals surface area contributed by atoms with Gasteiger partial charge in [-0.3, -0.25) is 9.36 Å². The number of nitrogens with one attached hydrogen (secondary N) is 2. The number of benzene rings is 1. The molecule has 1 amide bonds. The fourth-order valence-electron chi connectivity index (χ4n) is 4.23. The van der Waals surface area contributed by atoms with Crippen molar-refractivity contribution in [3.63, 3.8) is 0 Å². The van der Waals surface area contributed by atoms with Crippen molar-refractivity contribution in [1.82, 2.24) is 24.8 Å². The number of fused-ring (bicyclic) bond motifs is 1. The number of furan rings is 1. The van der Waals surface area contributed by atoms with Gasteiger partial charge in [-0.15, -0.1) is 0 Å². The third kappa shape index (κ3) is 4.90. The summed E-state index contributed by atoms with van der Waals surface area (Å²) < 4.78 is 7.81. The number of nitriles is 2. The largest absolute Gasteiger partial charge is 0.443 e. The van der Waals surface area contributed by atoms with Crippen molar-refractivity contribution in [3.8, 4) is 18.0 Å². The van der Waals surface area contributed by atoms with Crippen molar-refractivity contribution in [2.45, 2.75) is 27.7 Å². The number of likely N-dealkylation sites (N-methyl/N-ethyl adjacent to an activating group) is 1. The summed E-state index contributed by atoms with van der Waals surface area (Å²) in [6, 6.07) is 11.6. The molecule has 3 heterocycles. The number of amides is 1. The van der Waals surface area contributed by atoms with Crippen molar-refractivity contribution in [2.75, 3.05) is 27.2 Å². The second kappa shape index (κ2) is 10.2. The van der Waals surface area contributed by atoms with Gasteiger partial charge in [-0.1, -0.05) is 0 Å². The SMILES string of the molecule is Cc1oc(-n2c(C)cc(C=C(C#N)c3nc4ccc(C(=O)NCCN(C)C)cc4[nH]3)c2C)c(C#N)c1C. The Bertz CT molecular complexity index is 1620. The van der Waals surface area contributed by atoms with Crippen LogP contribution < -0.4 is 5.32 Å². The molecule has 0 fully saturated rings. The summed E-state index contributed by atoms with van der Waals surface area (Å²) in [6.07, 6.45) is 1.76. The Morgan fingerprint density at radius 3 is 2.65 bits per heavy atom. The molecule has 9 nitrogen and oxygen atoms in total. The molecule has 0 atom stereocenters. The minimum atomic E-state index is -0.163. The quantitative estimate of drug-likeness (QED) is 0.366. The number of aromatic amines is 1. The normalized spacial score (nSPS) is 11.6. The lowest BCUT2D eigenvalue weighted by Crippen LogP contribution is -2.31. The molecule has 1 aromatic carbocycles. The van der Waals surface area contributed by atoms with Crippen LogP contribution >= 0.6 is 0 Å². The molecule has 3 aromatic heterocycles. The molecule has 188 valence electrons. The molecule has 9 heteroatoms. The van der Waals surface area contributed by atoms with Crippen LogP contribution in [0.5, 0.6) is 0 Å². The van der Waals surface area contributed by atoms with Crippen LogP contribution in [-0.4, -0.2) is 52.5 Å². The van der Waals surface area contributed by atoms with Crippen LogP contribution in [0.4, 0.5) is 0 Å². The van der Waals surface area contributed by atoms with E-state index in [0.717, 1.165) is 29.1 Å². The third-order valence-corrected chi connectivity index (χ3v) is 6.42.